The number of H-pyrrole nitrogens is 1. The summed E-state index contributed by atoms with van der Waals surface area (Å²) < 4.78 is 6.93. The van der Waals surface area contributed by atoms with E-state index in [2.05, 4.69) is 30.6 Å². The van der Waals surface area contributed by atoms with Gasteiger partial charge in [0, 0.05) is 30.2 Å². The van der Waals surface area contributed by atoms with Crippen molar-refractivity contribution in [2.45, 2.75) is 6.92 Å². The van der Waals surface area contributed by atoms with E-state index in [0.717, 1.165) is 16.6 Å². The van der Waals surface area contributed by atoms with E-state index in [0.29, 0.717) is 48.4 Å². The number of aromatic nitrogens is 6. The van der Waals surface area contributed by atoms with Crippen molar-refractivity contribution in [1.29, 1.82) is 0 Å². The predicted molar refractivity (Wildman–Crippen MR) is 124 cm³/mol. The van der Waals surface area contributed by atoms with Crippen molar-refractivity contribution < 1.29 is 9.53 Å². The lowest BCUT2D eigenvalue weighted by atomic mass is 10.1. The summed E-state index contributed by atoms with van der Waals surface area (Å²) in [6.45, 7) is 4.69. The molecule has 0 radical (unpaired) electrons. The highest BCUT2D eigenvalue weighted by molar-refractivity contribution is 6.35. The fourth-order valence-corrected chi connectivity index (χ4v) is 3.97. The molecule has 1 aliphatic heterocycles. The number of anilines is 2. The van der Waals surface area contributed by atoms with Crippen molar-refractivity contribution >= 4 is 40.0 Å². The van der Waals surface area contributed by atoms with Gasteiger partial charge < -0.3 is 15.8 Å². The van der Waals surface area contributed by atoms with E-state index in [1.165, 1.54) is 0 Å². The molecule has 0 saturated carbocycles. The van der Waals surface area contributed by atoms with Crippen LogP contribution in [0, 0.1) is 6.92 Å². The fraction of sp³-hybridized carbons (Fsp3) is 0.286. The molecule has 33 heavy (non-hydrogen) atoms. The van der Waals surface area contributed by atoms with Gasteiger partial charge in [-0.25, -0.2) is 14.6 Å². The van der Waals surface area contributed by atoms with E-state index < -0.39 is 0 Å². The molecule has 4 heterocycles. The minimum absolute atomic E-state index is 0.0905. The molecule has 1 aromatic carbocycles. The Kier molecular flexibility index (Phi) is 5.67. The minimum Gasteiger partial charge on any atom is -0.381 e. The number of halogens is 1. The highest BCUT2D eigenvalue weighted by Crippen LogP contribution is 2.33. The maximum atomic E-state index is 12.7. The first kappa shape index (κ1) is 21.3. The summed E-state index contributed by atoms with van der Waals surface area (Å²) in [5.41, 5.74) is 8.89. The Morgan fingerprint density at radius 2 is 2.12 bits per heavy atom. The van der Waals surface area contributed by atoms with Gasteiger partial charge in [0.15, 0.2) is 17.5 Å². The van der Waals surface area contributed by atoms with Crippen LogP contribution < -0.4 is 11.1 Å². The Balaban J connectivity index is 1.55. The smallest absolute Gasteiger partial charge is 0.239 e. The molecule has 0 unspecified atom stereocenters. The first-order chi connectivity index (χ1) is 16.0. The van der Waals surface area contributed by atoms with Gasteiger partial charge in [0.25, 0.3) is 0 Å². The Bertz CT molecular complexity index is 1330. The molecule has 0 bridgehead atoms. The predicted octanol–water partition coefficient (Wildman–Crippen LogP) is 2.02. The van der Waals surface area contributed by atoms with Crippen molar-refractivity contribution in [1.82, 2.24) is 34.8 Å². The third kappa shape index (κ3) is 4.38. The summed E-state index contributed by atoms with van der Waals surface area (Å²) in [4.78, 5) is 23.9. The molecule has 1 saturated heterocycles. The van der Waals surface area contributed by atoms with Gasteiger partial charge in [-0.2, -0.15) is 10.2 Å². The number of hydrogen-bond acceptors (Lipinski definition) is 8. The third-order valence-corrected chi connectivity index (χ3v) is 5.64. The largest absolute Gasteiger partial charge is 0.381 e. The normalized spacial score (nSPS) is 14.6. The standard InChI is InChI=1S/C21H22ClN9O2/c1-12-2-3-31(29-12)21-18(13-8-14-10-24-28-17(14)15(22)9-13)26-20(19(23)27-21)25-16(32)11-30-4-6-33-7-5-30/h2-3,8-10H,4-7,11H2,1H3,(H2,23,27)(H,24,28)(H,25,26,32). The van der Waals surface area contributed by atoms with Crippen LogP contribution in [0.4, 0.5) is 11.6 Å². The van der Waals surface area contributed by atoms with Crippen LogP contribution in [-0.2, 0) is 9.53 Å². The minimum atomic E-state index is -0.227. The first-order valence-corrected chi connectivity index (χ1v) is 10.8. The topological polar surface area (TPSA) is 140 Å². The highest BCUT2D eigenvalue weighted by atomic mass is 35.5. The van der Waals surface area contributed by atoms with Crippen LogP contribution in [0.5, 0.6) is 0 Å². The summed E-state index contributed by atoms with van der Waals surface area (Å²) in [7, 11) is 0. The molecule has 1 fully saturated rings. The van der Waals surface area contributed by atoms with Crippen molar-refractivity contribution in [2.75, 3.05) is 43.9 Å². The summed E-state index contributed by atoms with van der Waals surface area (Å²) in [5, 5.41) is 15.5. The zero-order valence-electron chi connectivity index (χ0n) is 17.9. The molecule has 0 aliphatic carbocycles. The molecule has 1 aliphatic rings. The first-order valence-electron chi connectivity index (χ1n) is 10.4. The SMILES string of the molecule is Cc1ccn(-c2nc(N)c(NC(=O)CN3CCOCC3)nc2-c2cc(Cl)c3[nH]ncc3c2)n1. The lowest BCUT2D eigenvalue weighted by molar-refractivity contribution is -0.118. The van der Waals surface area contributed by atoms with Crippen LogP contribution in [0.15, 0.2) is 30.6 Å². The van der Waals surface area contributed by atoms with Gasteiger partial charge in [-0.05, 0) is 25.1 Å². The molecule has 3 aromatic heterocycles. The van der Waals surface area contributed by atoms with Gasteiger partial charge in [-0.3, -0.25) is 14.8 Å². The molecule has 1 amide bonds. The van der Waals surface area contributed by atoms with E-state index in [1.807, 2.05) is 24.0 Å². The molecule has 170 valence electrons. The van der Waals surface area contributed by atoms with Gasteiger partial charge in [0.2, 0.25) is 5.91 Å². The second kappa shape index (κ2) is 8.77. The van der Waals surface area contributed by atoms with Crippen LogP contribution in [-0.4, -0.2) is 73.6 Å². The maximum Gasteiger partial charge on any atom is 0.239 e. The average Bonchev–Trinajstić information content (AvgIpc) is 3.45. The number of aromatic amines is 1. The number of aryl methyl sites for hydroxylation is 1. The van der Waals surface area contributed by atoms with Crippen LogP contribution in [0.2, 0.25) is 5.02 Å². The zero-order chi connectivity index (χ0) is 22.9. The number of carbonyl (C=O) groups is 1. The number of morpholine rings is 1. The number of amides is 1. The summed E-state index contributed by atoms with van der Waals surface area (Å²) in [5.74, 6) is 0.465. The second-order valence-corrected chi connectivity index (χ2v) is 8.17. The van der Waals surface area contributed by atoms with Crippen molar-refractivity contribution in [2.24, 2.45) is 0 Å². The van der Waals surface area contributed by atoms with Crippen LogP contribution in [0.25, 0.3) is 28.0 Å². The molecule has 12 heteroatoms. The van der Waals surface area contributed by atoms with E-state index >= 15 is 0 Å². The molecule has 5 rings (SSSR count). The molecule has 4 N–H and O–H groups in total. The average molecular weight is 468 g/mol. The van der Waals surface area contributed by atoms with E-state index in [4.69, 9.17) is 22.1 Å². The van der Waals surface area contributed by atoms with E-state index in [9.17, 15) is 4.79 Å². The van der Waals surface area contributed by atoms with Crippen LogP contribution in [0.3, 0.4) is 0 Å². The quantitative estimate of drug-likeness (QED) is 0.405. The van der Waals surface area contributed by atoms with Crippen molar-refractivity contribution in [3.8, 4) is 17.1 Å². The van der Waals surface area contributed by atoms with Crippen LogP contribution >= 0.6 is 11.6 Å². The number of rotatable bonds is 5. The number of nitrogens with two attached hydrogens (primary N) is 1. The number of carbonyl (C=O) groups excluding carboxylic acids is 1. The molecule has 11 nitrogen and oxygen atoms in total. The second-order valence-electron chi connectivity index (χ2n) is 7.76. The molecular weight excluding hydrogens is 446 g/mol. The number of hydrogen-bond donors (Lipinski definition) is 3. The lowest BCUT2D eigenvalue weighted by Crippen LogP contribution is -2.41. The van der Waals surface area contributed by atoms with E-state index in [-0.39, 0.29) is 24.1 Å². The fourth-order valence-electron chi connectivity index (χ4n) is 3.70. The molecule has 4 aromatic rings. The number of fused-ring (bicyclic) bond motifs is 1. The third-order valence-electron chi connectivity index (χ3n) is 5.35. The molecule has 0 spiro atoms. The Morgan fingerprint density at radius 3 is 2.88 bits per heavy atom. The Morgan fingerprint density at radius 1 is 1.30 bits per heavy atom. The lowest BCUT2D eigenvalue weighted by Gasteiger charge is -2.25. The maximum absolute atomic E-state index is 12.7. The number of nitrogens with one attached hydrogen (secondary N) is 2. The zero-order valence-corrected chi connectivity index (χ0v) is 18.6. The van der Waals surface area contributed by atoms with Gasteiger partial charge in [-0.1, -0.05) is 11.6 Å². The Hall–Kier alpha value is -3.54. The molecular formula is C21H22ClN9O2. The number of benzene rings is 1. The van der Waals surface area contributed by atoms with E-state index in [1.54, 1.807) is 23.1 Å². The number of ether oxygens (including phenoxy) is 1. The summed E-state index contributed by atoms with van der Waals surface area (Å²) >= 11 is 6.47. The highest BCUT2D eigenvalue weighted by Gasteiger charge is 2.20. The number of nitrogens with zero attached hydrogens (tertiary/aromatic N) is 6. The summed E-state index contributed by atoms with van der Waals surface area (Å²) in [6, 6.07) is 5.51. The van der Waals surface area contributed by atoms with Gasteiger partial charge in [0.05, 0.1) is 42.2 Å². The van der Waals surface area contributed by atoms with Gasteiger partial charge in [0.1, 0.15) is 5.69 Å². The number of nitrogen functional groups attached to an aromatic ring is 1. The monoisotopic (exact) mass is 467 g/mol. The van der Waals surface area contributed by atoms with Gasteiger partial charge >= 0.3 is 0 Å². The van der Waals surface area contributed by atoms with Crippen LogP contribution in [0.1, 0.15) is 5.69 Å². The Labute approximate surface area is 193 Å². The molecule has 0 atom stereocenters. The summed E-state index contributed by atoms with van der Waals surface area (Å²) in [6.07, 6.45) is 3.45. The van der Waals surface area contributed by atoms with Crippen molar-refractivity contribution in [3.05, 3.63) is 41.3 Å². The van der Waals surface area contributed by atoms with Gasteiger partial charge in [-0.15, -0.1) is 0 Å². The van der Waals surface area contributed by atoms with Crippen molar-refractivity contribution in [3.63, 3.8) is 0 Å².